The van der Waals surface area contributed by atoms with E-state index in [9.17, 15) is 4.79 Å². The Morgan fingerprint density at radius 1 is 1.67 bits per heavy atom. The number of aryl methyl sites for hydroxylation is 1. The molecular weight excluding hydrogens is 214 g/mol. The molecule has 0 spiro atoms. The van der Waals surface area contributed by atoms with Crippen molar-refractivity contribution in [2.75, 3.05) is 6.61 Å². The fraction of sp³-hybridized carbons (Fsp3) is 0.273. The second kappa shape index (κ2) is 5.51. The maximum absolute atomic E-state index is 11.0. The first-order valence-electron chi connectivity index (χ1n) is 4.60. The van der Waals surface area contributed by atoms with Crippen molar-refractivity contribution in [2.24, 2.45) is 0 Å². The fourth-order valence-corrected chi connectivity index (χ4v) is 1.27. The quantitative estimate of drug-likeness (QED) is 0.451. The van der Waals surface area contributed by atoms with Crippen molar-refractivity contribution in [2.45, 2.75) is 13.8 Å². The van der Waals surface area contributed by atoms with Crippen molar-refractivity contribution < 1.29 is 9.53 Å². The molecule has 0 saturated carbocycles. The number of hydrogen-bond acceptors (Lipinski definition) is 3. The Morgan fingerprint density at radius 2 is 2.40 bits per heavy atom. The topological polar surface area (TPSA) is 39.2 Å². The Balaban J connectivity index is 2.76. The third kappa shape index (κ3) is 3.72. The molecule has 1 rings (SSSR count). The molecule has 3 nitrogen and oxygen atoms in total. The molecule has 0 aliphatic heterocycles. The molecule has 0 bridgehead atoms. The maximum atomic E-state index is 11.0. The zero-order valence-electron chi connectivity index (χ0n) is 8.66. The first-order valence-corrected chi connectivity index (χ1v) is 4.98. The molecule has 1 heterocycles. The summed E-state index contributed by atoms with van der Waals surface area (Å²) in [7, 11) is 0. The van der Waals surface area contributed by atoms with E-state index in [-0.39, 0.29) is 5.97 Å². The molecule has 1 aromatic rings. The highest BCUT2D eigenvalue weighted by Gasteiger charge is 1.98. The summed E-state index contributed by atoms with van der Waals surface area (Å²) in [4.78, 5) is 15.0. The molecule has 80 valence electrons. The molecule has 0 N–H and O–H groups in total. The van der Waals surface area contributed by atoms with Gasteiger partial charge in [-0.15, -0.1) is 0 Å². The lowest BCUT2D eigenvalue weighted by atomic mass is 10.1. The van der Waals surface area contributed by atoms with Crippen LogP contribution < -0.4 is 0 Å². The van der Waals surface area contributed by atoms with Gasteiger partial charge in [0.1, 0.15) is 5.15 Å². The van der Waals surface area contributed by atoms with Gasteiger partial charge in [-0.05, 0) is 37.1 Å². The van der Waals surface area contributed by atoms with Crippen LogP contribution >= 0.6 is 11.6 Å². The third-order valence-corrected chi connectivity index (χ3v) is 2.01. The lowest BCUT2D eigenvalue weighted by molar-refractivity contribution is -0.137. The summed E-state index contributed by atoms with van der Waals surface area (Å²) in [6.07, 6.45) is 4.66. The number of pyridine rings is 1. The van der Waals surface area contributed by atoms with Gasteiger partial charge in [0, 0.05) is 12.3 Å². The van der Waals surface area contributed by atoms with Gasteiger partial charge in [0.25, 0.3) is 0 Å². The van der Waals surface area contributed by atoms with E-state index in [0.29, 0.717) is 11.8 Å². The molecule has 0 radical (unpaired) electrons. The van der Waals surface area contributed by atoms with Crippen LogP contribution in [0.4, 0.5) is 0 Å². The number of rotatable bonds is 3. The summed E-state index contributed by atoms with van der Waals surface area (Å²) >= 11 is 5.70. The molecule has 0 aliphatic rings. The highest BCUT2D eigenvalue weighted by Crippen LogP contribution is 2.13. The summed E-state index contributed by atoms with van der Waals surface area (Å²) in [5.74, 6) is -0.355. The van der Waals surface area contributed by atoms with Crippen molar-refractivity contribution >= 4 is 23.6 Å². The Hall–Kier alpha value is -1.35. The van der Waals surface area contributed by atoms with Gasteiger partial charge in [0.15, 0.2) is 0 Å². The number of ether oxygens (including phenoxy) is 1. The zero-order valence-corrected chi connectivity index (χ0v) is 9.41. The summed E-state index contributed by atoms with van der Waals surface area (Å²) in [6, 6.07) is 1.74. The van der Waals surface area contributed by atoms with Crippen LogP contribution in [-0.2, 0) is 9.53 Å². The monoisotopic (exact) mass is 225 g/mol. The standard InChI is InChI=1S/C11H12ClNO2/c1-3-15-11(14)5-4-9-7-13-10(12)6-8(9)2/h4-7H,3H2,1-2H3. The van der Waals surface area contributed by atoms with Crippen molar-refractivity contribution in [1.82, 2.24) is 4.98 Å². The van der Waals surface area contributed by atoms with E-state index >= 15 is 0 Å². The Morgan fingerprint density at radius 3 is 3.00 bits per heavy atom. The SMILES string of the molecule is CCOC(=O)C=Cc1cnc(Cl)cc1C. The van der Waals surface area contributed by atoms with Crippen molar-refractivity contribution in [3.8, 4) is 0 Å². The summed E-state index contributed by atoms with van der Waals surface area (Å²) in [5.41, 5.74) is 1.82. The molecule has 0 unspecified atom stereocenters. The normalized spacial score (nSPS) is 10.6. The Labute approximate surface area is 93.7 Å². The summed E-state index contributed by atoms with van der Waals surface area (Å²) in [5, 5.41) is 0.445. The third-order valence-electron chi connectivity index (χ3n) is 1.80. The van der Waals surface area contributed by atoms with E-state index in [4.69, 9.17) is 16.3 Å². The van der Waals surface area contributed by atoms with Gasteiger partial charge in [0.05, 0.1) is 6.61 Å². The van der Waals surface area contributed by atoms with E-state index in [1.807, 2.05) is 6.92 Å². The highest BCUT2D eigenvalue weighted by molar-refractivity contribution is 6.29. The minimum Gasteiger partial charge on any atom is -0.463 e. The van der Waals surface area contributed by atoms with Crippen molar-refractivity contribution in [1.29, 1.82) is 0 Å². The number of esters is 1. The van der Waals surface area contributed by atoms with Crippen LogP contribution in [0.25, 0.3) is 6.08 Å². The van der Waals surface area contributed by atoms with Crippen LogP contribution in [0.15, 0.2) is 18.3 Å². The molecule has 0 aromatic carbocycles. The van der Waals surface area contributed by atoms with Gasteiger partial charge in [-0.1, -0.05) is 11.6 Å². The van der Waals surface area contributed by atoms with E-state index in [1.54, 1.807) is 25.3 Å². The predicted molar refractivity (Wildman–Crippen MR) is 59.7 cm³/mol. The van der Waals surface area contributed by atoms with Crippen LogP contribution in [0.5, 0.6) is 0 Å². The number of halogens is 1. The number of nitrogens with zero attached hydrogens (tertiary/aromatic N) is 1. The molecule has 0 atom stereocenters. The second-order valence-corrected chi connectivity index (χ2v) is 3.34. The van der Waals surface area contributed by atoms with Crippen LogP contribution in [0, 0.1) is 6.92 Å². The van der Waals surface area contributed by atoms with Crippen LogP contribution in [-0.4, -0.2) is 17.6 Å². The van der Waals surface area contributed by atoms with E-state index in [1.165, 1.54) is 6.08 Å². The molecule has 4 heteroatoms. The molecular formula is C11H12ClNO2. The van der Waals surface area contributed by atoms with E-state index < -0.39 is 0 Å². The molecule has 1 aromatic heterocycles. The van der Waals surface area contributed by atoms with Crippen LogP contribution in [0.2, 0.25) is 5.15 Å². The van der Waals surface area contributed by atoms with Gasteiger partial charge in [0.2, 0.25) is 0 Å². The zero-order chi connectivity index (χ0) is 11.3. The average molecular weight is 226 g/mol. The number of aromatic nitrogens is 1. The van der Waals surface area contributed by atoms with Gasteiger partial charge in [-0.2, -0.15) is 0 Å². The minimum absolute atomic E-state index is 0.355. The molecule has 0 aliphatic carbocycles. The van der Waals surface area contributed by atoms with Gasteiger partial charge in [-0.25, -0.2) is 9.78 Å². The van der Waals surface area contributed by atoms with Crippen molar-refractivity contribution in [3.63, 3.8) is 0 Å². The summed E-state index contributed by atoms with van der Waals surface area (Å²) < 4.78 is 4.75. The first kappa shape index (κ1) is 11.7. The minimum atomic E-state index is -0.355. The van der Waals surface area contributed by atoms with Crippen LogP contribution in [0.1, 0.15) is 18.1 Å². The Kier molecular flexibility index (Phi) is 4.31. The molecule has 0 fully saturated rings. The first-order chi connectivity index (χ1) is 7.13. The van der Waals surface area contributed by atoms with Crippen LogP contribution in [0.3, 0.4) is 0 Å². The van der Waals surface area contributed by atoms with Gasteiger partial charge < -0.3 is 4.74 Å². The second-order valence-electron chi connectivity index (χ2n) is 2.95. The fourth-order valence-electron chi connectivity index (χ4n) is 1.05. The Bertz CT molecular complexity index is 388. The van der Waals surface area contributed by atoms with Gasteiger partial charge >= 0.3 is 5.97 Å². The molecule has 0 saturated heterocycles. The number of carbonyl (C=O) groups excluding carboxylic acids is 1. The largest absolute Gasteiger partial charge is 0.463 e. The average Bonchev–Trinajstić information content (AvgIpc) is 2.17. The maximum Gasteiger partial charge on any atom is 0.330 e. The van der Waals surface area contributed by atoms with E-state index in [0.717, 1.165) is 11.1 Å². The lowest BCUT2D eigenvalue weighted by Crippen LogP contribution is -1.98. The number of carbonyl (C=O) groups is 1. The van der Waals surface area contributed by atoms with Crippen molar-refractivity contribution in [3.05, 3.63) is 34.6 Å². The molecule has 0 amide bonds. The lowest BCUT2D eigenvalue weighted by Gasteiger charge is -1.99. The van der Waals surface area contributed by atoms with E-state index in [2.05, 4.69) is 4.98 Å². The smallest absolute Gasteiger partial charge is 0.330 e. The number of hydrogen-bond donors (Lipinski definition) is 0. The highest BCUT2D eigenvalue weighted by atomic mass is 35.5. The summed E-state index contributed by atoms with van der Waals surface area (Å²) in [6.45, 7) is 4.04. The molecule has 15 heavy (non-hydrogen) atoms. The predicted octanol–water partition coefficient (Wildman–Crippen LogP) is 2.62. The van der Waals surface area contributed by atoms with Gasteiger partial charge in [-0.3, -0.25) is 0 Å².